The second-order valence-corrected chi connectivity index (χ2v) is 4.47. The van der Waals surface area contributed by atoms with Crippen LogP contribution >= 0.6 is 11.8 Å². The van der Waals surface area contributed by atoms with Crippen molar-refractivity contribution in [3.8, 4) is 0 Å². The van der Waals surface area contributed by atoms with Crippen LogP contribution in [0.1, 0.15) is 12.3 Å². The van der Waals surface area contributed by atoms with Gasteiger partial charge < -0.3 is 9.52 Å². The molecule has 1 aromatic heterocycles. The van der Waals surface area contributed by atoms with Gasteiger partial charge in [-0.2, -0.15) is 0 Å². The predicted octanol–water partition coefficient (Wildman–Crippen LogP) is 2.70. The third kappa shape index (κ3) is 2.36. The van der Waals surface area contributed by atoms with Crippen LogP contribution in [0.5, 0.6) is 0 Å². The highest BCUT2D eigenvalue weighted by atomic mass is 32.2. The second-order valence-electron chi connectivity index (χ2n) is 3.33. The lowest BCUT2D eigenvalue weighted by Crippen LogP contribution is -1.95. The number of oxazole rings is 1. The molecule has 0 unspecified atom stereocenters. The number of hydrogen-bond donors (Lipinski definition) is 1. The molecule has 5 heteroatoms. The number of fused-ring (bicyclic) bond motifs is 1. The first kappa shape index (κ1) is 11.0. The molecule has 4 nitrogen and oxygen atoms in total. The first-order chi connectivity index (χ1) is 7.66. The number of carbonyl (C=O) groups is 1. The minimum absolute atomic E-state index is 0.147. The fourth-order valence-electron chi connectivity index (χ4n) is 1.40. The maximum atomic E-state index is 10.4. The molecule has 0 atom stereocenters. The van der Waals surface area contributed by atoms with E-state index in [9.17, 15) is 4.79 Å². The van der Waals surface area contributed by atoms with E-state index in [-0.39, 0.29) is 6.42 Å². The molecular weight excluding hydrogens is 226 g/mol. The van der Waals surface area contributed by atoms with Crippen molar-refractivity contribution in [3.05, 3.63) is 24.1 Å². The number of aliphatic carboxylic acids is 1. The molecular formula is C11H11NO3S. The number of para-hydroxylation sites is 1. The van der Waals surface area contributed by atoms with Crippen LogP contribution in [0.25, 0.3) is 11.1 Å². The smallest absolute Gasteiger partial charge is 0.304 e. The van der Waals surface area contributed by atoms with Gasteiger partial charge in [0.25, 0.3) is 0 Å². The summed E-state index contributed by atoms with van der Waals surface area (Å²) in [6, 6.07) is 5.69. The lowest BCUT2D eigenvalue weighted by Gasteiger charge is -1.99. The molecule has 0 amide bonds. The van der Waals surface area contributed by atoms with Crippen LogP contribution < -0.4 is 0 Å². The van der Waals surface area contributed by atoms with Gasteiger partial charge in [0.05, 0.1) is 11.3 Å². The van der Waals surface area contributed by atoms with E-state index in [0.717, 1.165) is 16.0 Å². The number of rotatable bonds is 4. The molecule has 2 rings (SSSR count). The van der Waals surface area contributed by atoms with Crippen LogP contribution in [0, 0.1) is 6.92 Å². The van der Waals surface area contributed by atoms with Gasteiger partial charge >= 0.3 is 5.97 Å². The molecule has 1 aromatic carbocycles. The van der Waals surface area contributed by atoms with Crippen LogP contribution in [-0.4, -0.2) is 21.8 Å². The van der Waals surface area contributed by atoms with Gasteiger partial charge in [-0.25, -0.2) is 4.98 Å². The largest absolute Gasteiger partial charge is 0.481 e. The van der Waals surface area contributed by atoms with E-state index in [1.54, 1.807) is 6.92 Å². The molecule has 1 heterocycles. The fourth-order valence-corrected chi connectivity index (χ4v) is 2.35. The monoisotopic (exact) mass is 237 g/mol. The number of carboxylic acids is 1. The summed E-state index contributed by atoms with van der Waals surface area (Å²) >= 11 is 1.48. The average molecular weight is 237 g/mol. The van der Waals surface area contributed by atoms with E-state index >= 15 is 0 Å². The summed E-state index contributed by atoms with van der Waals surface area (Å²) in [6.45, 7) is 1.80. The van der Waals surface area contributed by atoms with Gasteiger partial charge in [-0.3, -0.25) is 4.79 Å². The van der Waals surface area contributed by atoms with Gasteiger partial charge in [0.15, 0.2) is 11.5 Å². The molecule has 0 saturated carbocycles. The first-order valence-electron chi connectivity index (χ1n) is 4.87. The summed E-state index contributed by atoms with van der Waals surface area (Å²) < 4.78 is 5.48. The van der Waals surface area contributed by atoms with Crippen molar-refractivity contribution in [2.45, 2.75) is 18.2 Å². The highest BCUT2D eigenvalue weighted by Crippen LogP contribution is 2.28. The van der Waals surface area contributed by atoms with Gasteiger partial charge in [0.1, 0.15) is 5.52 Å². The van der Waals surface area contributed by atoms with Crippen molar-refractivity contribution in [1.29, 1.82) is 0 Å². The number of aromatic nitrogens is 1. The van der Waals surface area contributed by atoms with Crippen LogP contribution in [0.3, 0.4) is 0 Å². The number of benzene rings is 1. The fraction of sp³-hybridized carbons (Fsp3) is 0.273. The molecule has 0 bridgehead atoms. The Hall–Kier alpha value is -1.49. The number of thioether (sulfide) groups is 1. The Morgan fingerprint density at radius 1 is 1.56 bits per heavy atom. The number of hydrogen-bond acceptors (Lipinski definition) is 4. The molecule has 0 radical (unpaired) electrons. The van der Waals surface area contributed by atoms with E-state index in [0.29, 0.717) is 11.6 Å². The molecule has 1 N–H and O–H groups in total. The predicted molar refractivity (Wildman–Crippen MR) is 61.7 cm³/mol. The number of nitrogens with zero attached hydrogens (tertiary/aromatic N) is 1. The molecule has 2 aromatic rings. The van der Waals surface area contributed by atoms with Gasteiger partial charge in [-0.15, -0.1) is 11.8 Å². The Bertz CT molecular complexity index is 521. The molecule has 84 valence electrons. The molecule has 16 heavy (non-hydrogen) atoms. The van der Waals surface area contributed by atoms with Crippen molar-refractivity contribution in [3.63, 3.8) is 0 Å². The van der Waals surface area contributed by atoms with E-state index in [1.165, 1.54) is 11.8 Å². The summed E-state index contributed by atoms with van der Waals surface area (Å²) in [6.07, 6.45) is 0.147. The zero-order chi connectivity index (χ0) is 11.5. The summed E-state index contributed by atoms with van der Waals surface area (Å²) in [7, 11) is 0. The van der Waals surface area contributed by atoms with E-state index in [2.05, 4.69) is 4.98 Å². The Morgan fingerprint density at radius 3 is 3.12 bits per heavy atom. The molecule has 0 aliphatic heterocycles. The van der Waals surface area contributed by atoms with Gasteiger partial charge in [-0.05, 0) is 12.1 Å². The molecule has 0 aliphatic carbocycles. The normalized spacial score (nSPS) is 10.8. The summed E-state index contributed by atoms with van der Waals surface area (Å²) in [5.41, 5.74) is 1.56. The van der Waals surface area contributed by atoms with Crippen LogP contribution in [0.15, 0.2) is 27.5 Å². The van der Waals surface area contributed by atoms with E-state index in [4.69, 9.17) is 9.52 Å². The summed E-state index contributed by atoms with van der Waals surface area (Å²) in [5, 5.41) is 8.56. The van der Waals surface area contributed by atoms with Gasteiger partial charge in [0.2, 0.25) is 0 Å². The van der Waals surface area contributed by atoms with Crippen LogP contribution in [-0.2, 0) is 4.79 Å². The lowest BCUT2D eigenvalue weighted by molar-refractivity contribution is -0.136. The van der Waals surface area contributed by atoms with E-state index < -0.39 is 5.97 Å². The highest BCUT2D eigenvalue weighted by molar-refractivity contribution is 7.99. The number of aryl methyl sites for hydroxylation is 1. The minimum Gasteiger partial charge on any atom is -0.481 e. The SMILES string of the molecule is Cc1nc2cccc(SCCC(=O)O)c2o1. The topological polar surface area (TPSA) is 63.3 Å². The van der Waals surface area contributed by atoms with Crippen molar-refractivity contribution in [1.82, 2.24) is 4.98 Å². The quantitative estimate of drug-likeness (QED) is 0.828. The zero-order valence-corrected chi connectivity index (χ0v) is 9.58. The Morgan fingerprint density at radius 2 is 2.38 bits per heavy atom. The molecule has 0 saturated heterocycles. The van der Waals surface area contributed by atoms with Gasteiger partial charge in [0, 0.05) is 12.7 Å². The minimum atomic E-state index is -0.784. The molecule has 0 spiro atoms. The third-order valence-electron chi connectivity index (χ3n) is 2.06. The van der Waals surface area contributed by atoms with Crippen molar-refractivity contribution < 1.29 is 14.3 Å². The van der Waals surface area contributed by atoms with Crippen molar-refractivity contribution in [2.75, 3.05) is 5.75 Å². The zero-order valence-electron chi connectivity index (χ0n) is 8.77. The Labute approximate surface area is 96.7 Å². The van der Waals surface area contributed by atoms with Crippen LogP contribution in [0.4, 0.5) is 0 Å². The summed E-state index contributed by atoms with van der Waals surface area (Å²) in [5.74, 6) is 0.378. The second kappa shape index (κ2) is 4.57. The van der Waals surface area contributed by atoms with Gasteiger partial charge in [-0.1, -0.05) is 6.07 Å². The third-order valence-corrected chi connectivity index (χ3v) is 3.10. The molecule has 0 aliphatic rings. The lowest BCUT2D eigenvalue weighted by atomic mass is 10.3. The maximum absolute atomic E-state index is 10.4. The maximum Gasteiger partial charge on any atom is 0.304 e. The van der Waals surface area contributed by atoms with Crippen molar-refractivity contribution >= 4 is 28.8 Å². The Balaban J connectivity index is 2.20. The van der Waals surface area contributed by atoms with E-state index in [1.807, 2.05) is 18.2 Å². The standard InChI is InChI=1S/C11H11NO3S/c1-7-12-8-3-2-4-9(11(8)15-7)16-6-5-10(13)14/h2-4H,5-6H2,1H3,(H,13,14). The number of carboxylic acid groups (broad SMARTS) is 1. The average Bonchev–Trinajstić information content (AvgIpc) is 2.58. The summed E-state index contributed by atoms with van der Waals surface area (Å²) in [4.78, 5) is 15.6. The molecule has 0 fully saturated rings. The Kier molecular flexibility index (Phi) is 3.14. The first-order valence-corrected chi connectivity index (χ1v) is 5.86. The van der Waals surface area contributed by atoms with Crippen molar-refractivity contribution in [2.24, 2.45) is 0 Å². The highest BCUT2D eigenvalue weighted by Gasteiger charge is 2.08. The van der Waals surface area contributed by atoms with Crippen LogP contribution in [0.2, 0.25) is 0 Å².